The summed E-state index contributed by atoms with van der Waals surface area (Å²) in [5.74, 6) is 0.0949. The first-order valence-electron chi connectivity index (χ1n) is 11.9. The quantitative estimate of drug-likeness (QED) is 0.532. The van der Waals surface area contributed by atoms with Gasteiger partial charge in [0.05, 0.1) is 0 Å². The van der Waals surface area contributed by atoms with Crippen LogP contribution in [0.4, 0.5) is 19.3 Å². The SMILES string of the molecule is O=C(Nc1ccc(F)cc1)NC1CCCC[C@H]1N[C@@H]1CCC[C@H](Cc2ccc(F)cc2)C1. The van der Waals surface area contributed by atoms with E-state index in [4.69, 9.17) is 0 Å². The zero-order valence-electron chi connectivity index (χ0n) is 18.5. The number of carbonyl (C=O) groups is 1. The van der Waals surface area contributed by atoms with Gasteiger partial charge in [-0.15, -0.1) is 0 Å². The molecule has 0 aromatic heterocycles. The van der Waals surface area contributed by atoms with Crippen molar-refractivity contribution in [1.29, 1.82) is 0 Å². The molecule has 2 aromatic carbocycles. The van der Waals surface area contributed by atoms with Gasteiger partial charge in [-0.05, 0) is 80.0 Å². The Morgan fingerprint density at radius 3 is 2.19 bits per heavy atom. The molecule has 0 radical (unpaired) electrons. The van der Waals surface area contributed by atoms with Crippen molar-refractivity contribution < 1.29 is 13.6 Å². The number of rotatable bonds is 6. The summed E-state index contributed by atoms with van der Waals surface area (Å²) in [7, 11) is 0. The van der Waals surface area contributed by atoms with E-state index in [9.17, 15) is 13.6 Å². The van der Waals surface area contributed by atoms with Crippen molar-refractivity contribution in [3.63, 3.8) is 0 Å². The minimum atomic E-state index is -0.322. The molecule has 2 aliphatic carbocycles. The van der Waals surface area contributed by atoms with E-state index in [2.05, 4.69) is 16.0 Å². The van der Waals surface area contributed by atoms with Crippen LogP contribution in [0.3, 0.4) is 0 Å². The monoisotopic (exact) mass is 441 g/mol. The molecule has 2 saturated carbocycles. The normalized spacial score (nSPS) is 25.8. The summed E-state index contributed by atoms with van der Waals surface area (Å²) in [6, 6.07) is 13.2. The van der Waals surface area contributed by atoms with Gasteiger partial charge in [0.25, 0.3) is 0 Å². The van der Waals surface area contributed by atoms with Crippen LogP contribution in [0.1, 0.15) is 56.9 Å². The van der Waals surface area contributed by atoms with Crippen LogP contribution in [-0.2, 0) is 6.42 Å². The molecule has 1 unspecified atom stereocenters. The molecule has 0 saturated heterocycles. The highest BCUT2D eigenvalue weighted by molar-refractivity contribution is 5.89. The lowest BCUT2D eigenvalue weighted by atomic mass is 9.81. The maximum Gasteiger partial charge on any atom is 0.319 e. The van der Waals surface area contributed by atoms with Crippen molar-refractivity contribution in [2.45, 2.75) is 75.9 Å². The van der Waals surface area contributed by atoms with Gasteiger partial charge in [0.1, 0.15) is 11.6 Å². The molecule has 0 heterocycles. The molecular formula is C26H33F2N3O. The molecule has 4 atom stereocenters. The van der Waals surface area contributed by atoms with Gasteiger partial charge in [-0.3, -0.25) is 0 Å². The first kappa shape index (κ1) is 22.7. The van der Waals surface area contributed by atoms with Crippen LogP contribution < -0.4 is 16.0 Å². The van der Waals surface area contributed by atoms with Crippen LogP contribution in [0.2, 0.25) is 0 Å². The number of halogens is 2. The van der Waals surface area contributed by atoms with E-state index in [1.807, 2.05) is 12.1 Å². The minimum absolute atomic E-state index is 0.0849. The molecule has 2 aliphatic rings. The summed E-state index contributed by atoms with van der Waals surface area (Å²) in [6.45, 7) is 0. The van der Waals surface area contributed by atoms with E-state index in [0.29, 0.717) is 17.6 Å². The van der Waals surface area contributed by atoms with Gasteiger partial charge in [-0.2, -0.15) is 0 Å². The fourth-order valence-electron chi connectivity index (χ4n) is 5.26. The van der Waals surface area contributed by atoms with E-state index in [1.165, 1.54) is 37.0 Å². The largest absolute Gasteiger partial charge is 0.334 e. The molecule has 0 aliphatic heterocycles. The Hall–Kier alpha value is -2.47. The van der Waals surface area contributed by atoms with Crippen LogP contribution in [0, 0.1) is 17.6 Å². The third-order valence-corrected chi connectivity index (χ3v) is 6.85. The smallest absolute Gasteiger partial charge is 0.319 e. The first-order chi connectivity index (χ1) is 15.5. The Labute approximate surface area is 189 Å². The highest BCUT2D eigenvalue weighted by Crippen LogP contribution is 2.29. The predicted molar refractivity (Wildman–Crippen MR) is 124 cm³/mol. The van der Waals surface area contributed by atoms with E-state index < -0.39 is 0 Å². The van der Waals surface area contributed by atoms with Crippen molar-refractivity contribution in [2.24, 2.45) is 5.92 Å². The van der Waals surface area contributed by atoms with Crippen molar-refractivity contribution in [3.05, 3.63) is 65.7 Å². The van der Waals surface area contributed by atoms with Gasteiger partial charge in [0, 0.05) is 23.8 Å². The average molecular weight is 442 g/mol. The summed E-state index contributed by atoms with van der Waals surface area (Å²) in [5, 5.41) is 9.80. The summed E-state index contributed by atoms with van der Waals surface area (Å²) < 4.78 is 26.3. The maximum absolute atomic E-state index is 13.2. The molecule has 4 rings (SSSR count). The summed E-state index contributed by atoms with van der Waals surface area (Å²) in [4.78, 5) is 12.5. The van der Waals surface area contributed by atoms with E-state index >= 15 is 0 Å². The van der Waals surface area contributed by atoms with E-state index in [1.54, 1.807) is 24.3 Å². The number of hydrogen-bond acceptors (Lipinski definition) is 2. The lowest BCUT2D eigenvalue weighted by Crippen LogP contribution is -2.55. The fourth-order valence-corrected chi connectivity index (χ4v) is 5.26. The number of anilines is 1. The van der Waals surface area contributed by atoms with Gasteiger partial charge >= 0.3 is 6.03 Å². The average Bonchev–Trinajstić information content (AvgIpc) is 2.79. The Balaban J connectivity index is 1.29. The predicted octanol–water partition coefficient (Wildman–Crippen LogP) is 5.79. The van der Waals surface area contributed by atoms with E-state index in [-0.39, 0.29) is 29.7 Å². The second-order valence-electron chi connectivity index (χ2n) is 9.33. The molecule has 32 heavy (non-hydrogen) atoms. The van der Waals surface area contributed by atoms with Gasteiger partial charge in [0.15, 0.2) is 0 Å². The standard InChI is InChI=1S/C26H33F2N3O/c27-20-10-8-18(9-11-20)16-19-4-3-5-23(17-19)29-24-6-1-2-7-25(24)31-26(32)30-22-14-12-21(28)13-15-22/h8-15,19,23-25,29H,1-7,16-17H2,(H2,30,31,32)/t19-,23-,24-,25?/m1/s1. The molecule has 0 spiro atoms. The fraction of sp³-hybridized carbons (Fsp3) is 0.500. The minimum Gasteiger partial charge on any atom is -0.334 e. The molecule has 6 heteroatoms. The van der Waals surface area contributed by atoms with Gasteiger partial charge in [-0.1, -0.05) is 37.8 Å². The van der Waals surface area contributed by atoms with Crippen molar-refractivity contribution in [3.8, 4) is 0 Å². The molecule has 2 aromatic rings. The zero-order chi connectivity index (χ0) is 22.3. The first-order valence-corrected chi connectivity index (χ1v) is 11.9. The topological polar surface area (TPSA) is 53.2 Å². The maximum atomic E-state index is 13.2. The molecule has 0 bridgehead atoms. The number of amides is 2. The lowest BCUT2D eigenvalue weighted by Gasteiger charge is -2.38. The third-order valence-electron chi connectivity index (χ3n) is 6.85. The van der Waals surface area contributed by atoms with Crippen LogP contribution in [0.15, 0.2) is 48.5 Å². The highest BCUT2D eigenvalue weighted by atomic mass is 19.1. The number of hydrogen-bond donors (Lipinski definition) is 3. The molecular weight excluding hydrogens is 408 g/mol. The third kappa shape index (κ3) is 6.52. The van der Waals surface area contributed by atoms with Crippen LogP contribution in [0.5, 0.6) is 0 Å². The summed E-state index contributed by atoms with van der Waals surface area (Å²) >= 11 is 0. The number of carbonyl (C=O) groups excluding carboxylic acids is 1. The Morgan fingerprint density at radius 2 is 1.47 bits per heavy atom. The second-order valence-corrected chi connectivity index (χ2v) is 9.33. The van der Waals surface area contributed by atoms with Crippen LogP contribution in [0.25, 0.3) is 0 Å². The van der Waals surface area contributed by atoms with E-state index in [0.717, 1.165) is 38.5 Å². The van der Waals surface area contributed by atoms with Gasteiger partial charge in [-0.25, -0.2) is 13.6 Å². The number of nitrogens with one attached hydrogen (secondary N) is 3. The van der Waals surface area contributed by atoms with Crippen molar-refractivity contribution >= 4 is 11.7 Å². The van der Waals surface area contributed by atoms with Crippen LogP contribution >= 0.6 is 0 Å². The highest BCUT2D eigenvalue weighted by Gasteiger charge is 2.30. The molecule has 2 fully saturated rings. The van der Waals surface area contributed by atoms with Crippen LogP contribution in [-0.4, -0.2) is 24.2 Å². The summed E-state index contributed by atoms with van der Waals surface area (Å²) in [6.07, 6.45) is 9.96. The van der Waals surface area contributed by atoms with Crippen molar-refractivity contribution in [2.75, 3.05) is 5.32 Å². The van der Waals surface area contributed by atoms with Gasteiger partial charge < -0.3 is 16.0 Å². The van der Waals surface area contributed by atoms with Crippen molar-refractivity contribution in [1.82, 2.24) is 10.6 Å². The lowest BCUT2D eigenvalue weighted by molar-refractivity contribution is 0.209. The Morgan fingerprint density at radius 1 is 0.812 bits per heavy atom. The molecule has 172 valence electrons. The number of benzene rings is 2. The van der Waals surface area contributed by atoms with Gasteiger partial charge in [0.2, 0.25) is 0 Å². The molecule has 2 amide bonds. The Kier molecular flexibility index (Phi) is 7.74. The molecule has 3 N–H and O–H groups in total. The summed E-state index contributed by atoms with van der Waals surface area (Å²) in [5.41, 5.74) is 1.78. The molecule has 4 nitrogen and oxygen atoms in total. The second kappa shape index (κ2) is 10.9. The zero-order valence-corrected chi connectivity index (χ0v) is 18.5. The number of urea groups is 1. The Bertz CT molecular complexity index is 872.